The van der Waals surface area contributed by atoms with E-state index in [2.05, 4.69) is 0 Å². The largest absolute Gasteiger partial charge is 0.495 e. The Bertz CT molecular complexity index is 838. The van der Waals surface area contributed by atoms with Crippen molar-refractivity contribution in [2.24, 2.45) is 0 Å². The number of esters is 1. The van der Waals surface area contributed by atoms with Gasteiger partial charge in [-0.1, -0.05) is 24.3 Å². The van der Waals surface area contributed by atoms with E-state index in [0.29, 0.717) is 22.7 Å². The predicted molar refractivity (Wildman–Crippen MR) is 117 cm³/mol. The third-order valence-corrected chi connectivity index (χ3v) is 4.45. The fourth-order valence-corrected chi connectivity index (χ4v) is 3.22. The maximum Gasteiger partial charge on any atom is 0.333 e. The van der Waals surface area contributed by atoms with Gasteiger partial charge in [0.15, 0.2) is 6.04 Å². The van der Waals surface area contributed by atoms with E-state index in [1.807, 2.05) is 13.8 Å². The van der Waals surface area contributed by atoms with Gasteiger partial charge in [-0.05, 0) is 50.6 Å². The Hall–Kier alpha value is -2.73. The molecule has 0 unspecified atom stereocenters. The number of halogens is 1. The highest BCUT2D eigenvalue weighted by molar-refractivity contribution is 6.19. The van der Waals surface area contributed by atoms with E-state index in [9.17, 15) is 9.59 Å². The molecule has 7 heteroatoms. The van der Waals surface area contributed by atoms with Gasteiger partial charge >= 0.3 is 5.97 Å². The van der Waals surface area contributed by atoms with Gasteiger partial charge in [-0.15, -0.1) is 11.6 Å². The number of amides is 1. The zero-order valence-electron chi connectivity index (χ0n) is 17.8. The second-order valence-corrected chi connectivity index (χ2v) is 7.14. The number of nitrogens with zero attached hydrogens (tertiary/aromatic N) is 1. The van der Waals surface area contributed by atoms with E-state index in [1.165, 1.54) is 12.0 Å². The van der Waals surface area contributed by atoms with Crippen LogP contribution in [-0.4, -0.2) is 37.6 Å². The number of hydrogen-bond donors (Lipinski definition) is 0. The first-order valence-corrected chi connectivity index (χ1v) is 10.4. The molecule has 0 radical (unpaired) electrons. The number of benzene rings is 2. The molecule has 2 rings (SSSR count). The zero-order chi connectivity index (χ0) is 22.1. The van der Waals surface area contributed by atoms with Gasteiger partial charge in [0.2, 0.25) is 5.91 Å². The summed E-state index contributed by atoms with van der Waals surface area (Å²) < 4.78 is 16.5. The third-order valence-electron chi connectivity index (χ3n) is 4.26. The van der Waals surface area contributed by atoms with Crippen LogP contribution in [0.25, 0.3) is 0 Å². The molecule has 0 bridgehead atoms. The van der Waals surface area contributed by atoms with Crippen LogP contribution in [0.1, 0.15) is 38.8 Å². The Kier molecular flexibility index (Phi) is 8.99. The highest BCUT2D eigenvalue weighted by Gasteiger charge is 2.35. The van der Waals surface area contributed by atoms with Crippen LogP contribution < -0.4 is 14.4 Å². The Morgan fingerprint density at radius 1 is 1.07 bits per heavy atom. The highest BCUT2D eigenvalue weighted by atomic mass is 35.5. The van der Waals surface area contributed by atoms with Crippen LogP contribution in [0.5, 0.6) is 11.5 Å². The summed E-state index contributed by atoms with van der Waals surface area (Å²) in [6.07, 6.45) is 0.0800. The molecule has 0 aliphatic heterocycles. The molecule has 0 aliphatic rings. The average Bonchev–Trinajstić information content (AvgIpc) is 2.72. The second kappa shape index (κ2) is 11.5. The molecule has 0 fully saturated rings. The molecule has 1 amide bonds. The number of rotatable bonds is 10. The van der Waals surface area contributed by atoms with Crippen LogP contribution in [-0.2, 0) is 14.3 Å². The number of alkyl halides is 1. The molecule has 0 saturated heterocycles. The highest BCUT2D eigenvalue weighted by Crippen LogP contribution is 2.36. The second-order valence-electron chi connectivity index (χ2n) is 6.76. The Morgan fingerprint density at radius 2 is 1.73 bits per heavy atom. The number of methoxy groups -OCH3 is 1. The molecular weight excluding hydrogens is 406 g/mol. The zero-order valence-corrected chi connectivity index (χ0v) is 18.5. The molecule has 0 saturated carbocycles. The molecule has 30 heavy (non-hydrogen) atoms. The summed E-state index contributed by atoms with van der Waals surface area (Å²) in [5.41, 5.74) is 1.06. The van der Waals surface area contributed by atoms with Gasteiger partial charge in [-0.25, -0.2) is 4.79 Å². The minimum absolute atomic E-state index is 0.0204. The number of carbonyl (C=O) groups excluding carboxylic acids is 2. The molecule has 0 N–H and O–H groups in total. The molecule has 2 aromatic rings. The van der Waals surface area contributed by atoms with Crippen LogP contribution in [0.2, 0.25) is 0 Å². The van der Waals surface area contributed by atoms with Crippen LogP contribution >= 0.6 is 11.6 Å². The van der Waals surface area contributed by atoms with Crippen LogP contribution in [0.15, 0.2) is 48.5 Å². The van der Waals surface area contributed by atoms with Crippen molar-refractivity contribution < 1.29 is 23.8 Å². The predicted octanol–water partition coefficient (Wildman–Crippen LogP) is 4.75. The van der Waals surface area contributed by atoms with Crippen molar-refractivity contribution in [3.05, 3.63) is 54.1 Å². The summed E-state index contributed by atoms with van der Waals surface area (Å²) in [4.78, 5) is 27.5. The van der Waals surface area contributed by atoms with Gasteiger partial charge < -0.3 is 14.2 Å². The van der Waals surface area contributed by atoms with E-state index in [4.69, 9.17) is 25.8 Å². The van der Waals surface area contributed by atoms with Crippen LogP contribution in [0.3, 0.4) is 0 Å². The molecule has 0 spiro atoms. The molecular formula is C23H28ClNO5. The third kappa shape index (κ3) is 5.89. The van der Waals surface area contributed by atoms with E-state index < -0.39 is 12.0 Å². The standard InChI is InChI=1S/C23H28ClNO5/c1-5-29-23(27)22(17-10-12-18(13-11-17)30-16(2)3)25(21(26)14-15-24)19-8-6-7-9-20(19)28-4/h6-13,16,22H,5,14-15H2,1-4H3/t22-/m0/s1. The quantitative estimate of drug-likeness (QED) is 0.399. The van der Waals surface area contributed by atoms with Crippen LogP contribution in [0, 0.1) is 0 Å². The van der Waals surface area contributed by atoms with Gasteiger partial charge in [0, 0.05) is 12.3 Å². The monoisotopic (exact) mass is 433 g/mol. The van der Waals surface area contributed by atoms with Crippen molar-refractivity contribution >= 4 is 29.2 Å². The Morgan fingerprint density at radius 3 is 2.30 bits per heavy atom. The first kappa shape index (κ1) is 23.5. The van der Waals surface area contributed by atoms with Gasteiger partial charge in [0.05, 0.1) is 25.5 Å². The molecule has 1 atom stereocenters. The number of carbonyl (C=O) groups is 2. The molecule has 6 nitrogen and oxygen atoms in total. The number of anilines is 1. The Labute approximate surface area is 182 Å². The van der Waals surface area contributed by atoms with E-state index in [1.54, 1.807) is 55.5 Å². The number of hydrogen-bond acceptors (Lipinski definition) is 5. The van der Waals surface area contributed by atoms with Gasteiger partial charge in [-0.2, -0.15) is 0 Å². The SMILES string of the molecule is CCOC(=O)[C@H](c1ccc(OC(C)C)cc1)N(C(=O)CCCl)c1ccccc1OC. The fourth-order valence-electron chi connectivity index (χ4n) is 3.06. The summed E-state index contributed by atoms with van der Waals surface area (Å²) in [5, 5.41) is 0. The lowest BCUT2D eigenvalue weighted by Crippen LogP contribution is -2.40. The summed E-state index contributed by atoms with van der Waals surface area (Å²) >= 11 is 5.85. The summed E-state index contributed by atoms with van der Waals surface area (Å²) in [6, 6.07) is 13.1. The van der Waals surface area contributed by atoms with Crippen molar-refractivity contribution in [3.63, 3.8) is 0 Å². The normalized spacial score (nSPS) is 11.7. The maximum atomic E-state index is 13.1. The molecule has 2 aromatic carbocycles. The lowest BCUT2D eigenvalue weighted by molar-refractivity contribution is -0.146. The van der Waals surface area contributed by atoms with Gasteiger partial charge in [-0.3, -0.25) is 9.69 Å². The van der Waals surface area contributed by atoms with Gasteiger partial charge in [0.1, 0.15) is 11.5 Å². The minimum atomic E-state index is -0.995. The van der Waals surface area contributed by atoms with Crippen molar-refractivity contribution in [2.75, 3.05) is 24.5 Å². The molecule has 0 aromatic heterocycles. The fraction of sp³-hybridized carbons (Fsp3) is 0.391. The lowest BCUT2D eigenvalue weighted by Gasteiger charge is -2.31. The molecule has 0 heterocycles. The van der Waals surface area contributed by atoms with Crippen LogP contribution in [0.4, 0.5) is 5.69 Å². The van der Waals surface area contributed by atoms with Crippen molar-refractivity contribution in [1.82, 2.24) is 0 Å². The lowest BCUT2D eigenvalue weighted by atomic mass is 10.0. The van der Waals surface area contributed by atoms with E-state index in [0.717, 1.165) is 0 Å². The van der Waals surface area contributed by atoms with Crippen molar-refractivity contribution in [2.45, 2.75) is 39.3 Å². The Balaban J connectivity index is 2.58. The van der Waals surface area contributed by atoms with Gasteiger partial charge in [0.25, 0.3) is 0 Å². The maximum absolute atomic E-state index is 13.1. The van der Waals surface area contributed by atoms with Crippen molar-refractivity contribution in [1.29, 1.82) is 0 Å². The summed E-state index contributed by atoms with van der Waals surface area (Å²) in [5.74, 6) is 0.418. The first-order valence-electron chi connectivity index (χ1n) is 9.87. The number of ether oxygens (including phenoxy) is 3. The number of para-hydroxylation sites is 2. The summed E-state index contributed by atoms with van der Waals surface area (Å²) in [6.45, 7) is 5.78. The minimum Gasteiger partial charge on any atom is -0.495 e. The summed E-state index contributed by atoms with van der Waals surface area (Å²) in [7, 11) is 1.51. The van der Waals surface area contributed by atoms with Crippen molar-refractivity contribution in [3.8, 4) is 11.5 Å². The van der Waals surface area contributed by atoms with E-state index in [-0.39, 0.29) is 30.9 Å². The average molecular weight is 434 g/mol. The van der Waals surface area contributed by atoms with E-state index >= 15 is 0 Å². The smallest absolute Gasteiger partial charge is 0.333 e. The molecule has 162 valence electrons. The first-order chi connectivity index (χ1) is 14.4. The topological polar surface area (TPSA) is 65.1 Å². The molecule has 0 aliphatic carbocycles.